The summed E-state index contributed by atoms with van der Waals surface area (Å²) in [7, 11) is -3.13. The first-order valence-corrected chi connectivity index (χ1v) is 10.8. The van der Waals surface area contributed by atoms with Gasteiger partial charge in [-0.05, 0) is 12.0 Å². The Morgan fingerprint density at radius 2 is 2.09 bits per heavy atom. The lowest BCUT2D eigenvalue weighted by Crippen LogP contribution is -2.41. The summed E-state index contributed by atoms with van der Waals surface area (Å²) in [6, 6.07) is 9.40. The Balaban J connectivity index is 1.63. The monoisotopic (exact) mass is 356 g/mol. The Kier molecular flexibility index (Phi) is 7.39. The van der Waals surface area contributed by atoms with Crippen LogP contribution in [0.4, 0.5) is 0 Å². The van der Waals surface area contributed by atoms with Crippen LogP contribution in [-0.4, -0.2) is 50.7 Å². The molecule has 1 unspecified atom stereocenters. The number of benzene rings is 1. The summed E-state index contributed by atoms with van der Waals surface area (Å²) in [6.45, 7) is 1.35. The van der Waals surface area contributed by atoms with Crippen molar-refractivity contribution in [2.45, 2.75) is 24.6 Å². The van der Waals surface area contributed by atoms with E-state index < -0.39 is 9.84 Å². The summed E-state index contributed by atoms with van der Waals surface area (Å²) in [4.78, 5) is 11.8. The highest BCUT2D eigenvalue weighted by Gasteiger charge is 2.17. The lowest BCUT2D eigenvalue weighted by molar-refractivity contribution is -0.121. The largest absolute Gasteiger partial charge is 0.356 e. The van der Waals surface area contributed by atoms with E-state index in [1.807, 2.05) is 42.1 Å². The van der Waals surface area contributed by atoms with E-state index in [0.717, 1.165) is 23.6 Å². The number of rotatable bonds is 8. The lowest BCUT2D eigenvalue weighted by Gasteiger charge is -2.22. The minimum absolute atomic E-state index is 0.00884. The SMILES string of the molecule is O=C(CC1CSCCN1)NCCCS(=O)(=O)Cc1ccccc1. The van der Waals surface area contributed by atoms with Gasteiger partial charge in [-0.25, -0.2) is 8.42 Å². The summed E-state index contributed by atoms with van der Waals surface area (Å²) in [5.41, 5.74) is 0.803. The Hall–Kier alpha value is -1.05. The zero-order valence-corrected chi connectivity index (χ0v) is 14.8. The van der Waals surface area contributed by atoms with Gasteiger partial charge in [0.2, 0.25) is 5.91 Å². The van der Waals surface area contributed by atoms with Gasteiger partial charge in [0.25, 0.3) is 0 Å². The van der Waals surface area contributed by atoms with Crippen molar-refractivity contribution in [3.05, 3.63) is 35.9 Å². The molecule has 0 radical (unpaired) electrons. The predicted octanol–water partition coefficient (Wildman–Crippen LogP) is 1.20. The molecule has 5 nitrogen and oxygen atoms in total. The number of hydrogen-bond donors (Lipinski definition) is 2. The molecule has 0 aliphatic carbocycles. The molecule has 0 spiro atoms. The van der Waals surface area contributed by atoms with Gasteiger partial charge < -0.3 is 10.6 Å². The highest BCUT2D eigenvalue weighted by atomic mass is 32.2. The molecule has 1 fully saturated rings. The molecule has 1 saturated heterocycles. The highest BCUT2D eigenvalue weighted by Crippen LogP contribution is 2.10. The van der Waals surface area contributed by atoms with Crippen molar-refractivity contribution in [2.75, 3.05) is 30.3 Å². The van der Waals surface area contributed by atoms with E-state index in [9.17, 15) is 13.2 Å². The molecule has 0 bridgehead atoms. The number of carbonyl (C=O) groups is 1. The third-order valence-corrected chi connectivity index (χ3v) is 6.43. The summed E-state index contributed by atoms with van der Waals surface area (Å²) in [5, 5.41) is 6.13. The molecule has 0 saturated carbocycles. The second-order valence-electron chi connectivity index (χ2n) is 5.71. The van der Waals surface area contributed by atoms with Crippen molar-refractivity contribution in [1.82, 2.24) is 10.6 Å². The van der Waals surface area contributed by atoms with E-state index in [1.54, 1.807) is 0 Å². The van der Waals surface area contributed by atoms with Crippen LogP contribution in [0.25, 0.3) is 0 Å². The maximum atomic E-state index is 12.0. The van der Waals surface area contributed by atoms with Crippen LogP contribution >= 0.6 is 11.8 Å². The Bertz CT molecular complexity index is 585. The molecule has 1 aromatic carbocycles. The standard InChI is InChI=1S/C16H24N2O3S2/c19-16(11-15-12-22-9-8-17-15)18-7-4-10-23(20,21)13-14-5-2-1-3-6-14/h1-3,5-6,15,17H,4,7-13H2,(H,18,19). The second kappa shape index (κ2) is 9.30. The van der Waals surface area contributed by atoms with Crippen molar-refractivity contribution in [3.8, 4) is 0 Å². The van der Waals surface area contributed by atoms with Gasteiger partial charge in [-0.1, -0.05) is 30.3 Å². The van der Waals surface area contributed by atoms with Crippen LogP contribution in [0.5, 0.6) is 0 Å². The fraction of sp³-hybridized carbons (Fsp3) is 0.562. The fourth-order valence-corrected chi connectivity index (χ4v) is 4.84. The summed E-state index contributed by atoms with van der Waals surface area (Å²) < 4.78 is 24.1. The first-order chi connectivity index (χ1) is 11.1. The Morgan fingerprint density at radius 1 is 1.30 bits per heavy atom. The summed E-state index contributed by atoms with van der Waals surface area (Å²) >= 11 is 1.86. The number of amides is 1. The molecule has 128 valence electrons. The van der Waals surface area contributed by atoms with Gasteiger partial charge in [-0.15, -0.1) is 0 Å². The summed E-state index contributed by atoms with van der Waals surface area (Å²) in [5.74, 6) is 2.20. The molecule has 1 aliphatic rings. The van der Waals surface area contributed by atoms with Crippen molar-refractivity contribution in [1.29, 1.82) is 0 Å². The maximum Gasteiger partial charge on any atom is 0.221 e. The molecule has 2 N–H and O–H groups in total. The first kappa shape index (κ1) is 18.3. The zero-order chi connectivity index (χ0) is 16.5. The quantitative estimate of drug-likeness (QED) is 0.685. The third-order valence-electron chi connectivity index (χ3n) is 3.61. The molecule has 1 amide bonds. The van der Waals surface area contributed by atoms with E-state index >= 15 is 0 Å². The van der Waals surface area contributed by atoms with Gasteiger partial charge in [0.1, 0.15) is 0 Å². The van der Waals surface area contributed by atoms with Crippen LogP contribution in [0.3, 0.4) is 0 Å². The van der Waals surface area contributed by atoms with Gasteiger partial charge in [0, 0.05) is 37.1 Å². The number of sulfone groups is 1. The second-order valence-corrected chi connectivity index (χ2v) is 9.05. The van der Waals surface area contributed by atoms with Crippen molar-refractivity contribution >= 4 is 27.5 Å². The topological polar surface area (TPSA) is 75.3 Å². The van der Waals surface area contributed by atoms with Crippen molar-refractivity contribution in [2.24, 2.45) is 0 Å². The lowest BCUT2D eigenvalue weighted by atomic mass is 10.2. The zero-order valence-electron chi connectivity index (χ0n) is 13.2. The predicted molar refractivity (Wildman–Crippen MR) is 95.3 cm³/mol. The average Bonchev–Trinajstić information content (AvgIpc) is 2.53. The molecule has 0 aromatic heterocycles. The van der Waals surface area contributed by atoms with Gasteiger partial charge in [-0.2, -0.15) is 11.8 Å². The Labute approximate surface area is 142 Å². The van der Waals surface area contributed by atoms with E-state index in [1.165, 1.54) is 0 Å². The number of carbonyl (C=O) groups excluding carboxylic acids is 1. The minimum Gasteiger partial charge on any atom is -0.356 e. The van der Waals surface area contributed by atoms with Crippen LogP contribution in [0, 0.1) is 0 Å². The molecule has 2 rings (SSSR count). The average molecular weight is 357 g/mol. The smallest absolute Gasteiger partial charge is 0.221 e. The molecule has 1 atom stereocenters. The molecule has 7 heteroatoms. The third kappa shape index (κ3) is 7.37. The molecular weight excluding hydrogens is 332 g/mol. The van der Waals surface area contributed by atoms with Gasteiger partial charge >= 0.3 is 0 Å². The highest BCUT2D eigenvalue weighted by molar-refractivity contribution is 7.99. The van der Waals surface area contributed by atoms with Crippen molar-refractivity contribution < 1.29 is 13.2 Å². The molecule has 23 heavy (non-hydrogen) atoms. The van der Waals surface area contributed by atoms with Crippen LogP contribution < -0.4 is 10.6 Å². The molecule has 1 aliphatic heterocycles. The first-order valence-electron chi connectivity index (χ1n) is 7.87. The minimum atomic E-state index is -3.13. The van der Waals surface area contributed by atoms with E-state index in [2.05, 4.69) is 10.6 Å². The molecule has 1 aromatic rings. The molecule has 1 heterocycles. The van der Waals surface area contributed by atoms with Crippen LogP contribution in [0.15, 0.2) is 30.3 Å². The van der Waals surface area contributed by atoms with Crippen LogP contribution in [0.1, 0.15) is 18.4 Å². The van der Waals surface area contributed by atoms with Crippen LogP contribution in [0.2, 0.25) is 0 Å². The fourth-order valence-electron chi connectivity index (χ4n) is 2.47. The van der Waals surface area contributed by atoms with Crippen molar-refractivity contribution in [3.63, 3.8) is 0 Å². The normalized spacial score (nSPS) is 18.5. The van der Waals surface area contributed by atoms with E-state index in [4.69, 9.17) is 0 Å². The van der Waals surface area contributed by atoms with Gasteiger partial charge in [-0.3, -0.25) is 4.79 Å². The van der Waals surface area contributed by atoms with E-state index in [-0.39, 0.29) is 23.5 Å². The number of hydrogen-bond acceptors (Lipinski definition) is 5. The maximum absolute atomic E-state index is 12.0. The number of nitrogens with one attached hydrogen (secondary N) is 2. The van der Waals surface area contributed by atoms with Gasteiger partial charge in [0.05, 0.1) is 11.5 Å². The van der Waals surface area contributed by atoms with Gasteiger partial charge in [0.15, 0.2) is 9.84 Å². The van der Waals surface area contributed by atoms with Crippen LogP contribution in [-0.2, 0) is 20.4 Å². The van der Waals surface area contributed by atoms with E-state index in [0.29, 0.717) is 19.4 Å². The summed E-state index contributed by atoms with van der Waals surface area (Å²) in [6.07, 6.45) is 0.914. The molecular formula is C16H24N2O3S2. The number of thioether (sulfide) groups is 1. The Morgan fingerprint density at radius 3 is 2.78 bits per heavy atom.